The van der Waals surface area contributed by atoms with E-state index in [1.165, 1.54) is 22.7 Å². The van der Waals surface area contributed by atoms with Crippen LogP contribution in [0.1, 0.15) is 49.9 Å². The van der Waals surface area contributed by atoms with Crippen LogP contribution in [0.5, 0.6) is 0 Å². The van der Waals surface area contributed by atoms with Gasteiger partial charge in [0.2, 0.25) is 5.91 Å². The summed E-state index contributed by atoms with van der Waals surface area (Å²) in [7, 11) is 0. The van der Waals surface area contributed by atoms with E-state index in [2.05, 4.69) is 35.7 Å². The smallest absolute Gasteiger partial charge is 0.216 e. The third kappa shape index (κ3) is 4.28. The Balaban J connectivity index is 1.79. The fourth-order valence-electron chi connectivity index (χ4n) is 2.29. The second-order valence-electron chi connectivity index (χ2n) is 6.06. The molecule has 0 saturated heterocycles. The van der Waals surface area contributed by atoms with Gasteiger partial charge in [0, 0.05) is 31.0 Å². The van der Waals surface area contributed by atoms with Gasteiger partial charge < -0.3 is 10.6 Å². The van der Waals surface area contributed by atoms with Crippen LogP contribution in [0.4, 0.5) is 0 Å². The van der Waals surface area contributed by atoms with Crippen molar-refractivity contribution in [3.8, 4) is 0 Å². The molecule has 1 aromatic rings. The zero-order valence-corrected chi connectivity index (χ0v) is 13.5. The Morgan fingerprint density at radius 1 is 1.45 bits per heavy atom. The molecule has 2 rings (SSSR count). The predicted octanol–water partition coefficient (Wildman–Crippen LogP) is 2.45. The van der Waals surface area contributed by atoms with Crippen LogP contribution in [0.15, 0.2) is 6.20 Å². The lowest BCUT2D eigenvalue weighted by Gasteiger charge is -2.15. The lowest BCUT2D eigenvalue weighted by atomic mass is 10.1. The fraction of sp³-hybridized carbons (Fsp3) is 0.733. The summed E-state index contributed by atoms with van der Waals surface area (Å²) in [4.78, 5) is 16.7. The molecule has 1 aromatic heterocycles. The van der Waals surface area contributed by atoms with Gasteiger partial charge in [-0.15, -0.1) is 11.3 Å². The van der Waals surface area contributed by atoms with Crippen LogP contribution in [0.2, 0.25) is 0 Å². The van der Waals surface area contributed by atoms with E-state index in [1.807, 2.05) is 11.3 Å². The Morgan fingerprint density at radius 2 is 2.20 bits per heavy atom. The molecule has 0 bridgehead atoms. The molecule has 0 aromatic carbocycles. The Bertz CT molecular complexity index is 452. The normalized spacial score (nSPS) is 16.4. The van der Waals surface area contributed by atoms with Gasteiger partial charge in [-0.3, -0.25) is 4.79 Å². The van der Waals surface area contributed by atoms with E-state index in [0.717, 1.165) is 25.9 Å². The first-order chi connectivity index (χ1) is 9.52. The van der Waals surface area contributed by atoms with Crippen LogP contribution in [0.3, 0.4) is 0 Å². The second-order valence-corrected chi connectivity index (χ2v) is 7.18. The number of hydrogen-bond acceptors (Lipinski definition) is 4. The minimum absolute atomic E-state index is 0.0481. The predicted molar refractivity (Wildman–Crippen MR) is 82.9 cm³/mol. The second kappa shape index (κ2) is 6.68. The van der Waals surface area contributed by atoms with Crippen molar-refractivity contribution >= 4 is 17.2 Å². The Kier molecular flexibility index (Phi) is 5.16. The highest BCUT2D eigenvalue weighted by Crippen LogP contribution is 2.47. The van der Waals surface area contributed by atoms with Gasteiger partial charge >= 0.3 is 0 Å². The lowest BCUT2D eigenvalue weighted by Crippen LogP contribution is -2.31. The van der Waals surface area contributed by atoms with Gasteiger partial charge in [0.15, 0.2) is 0 Å². The summed E-state index contributed by atoms with van der Waals surface area (Å²) in [5, 5.41) is 7.73. The highest BCUT2D eigenvalue weighted by molar-refractivity contribution is 7.11. The number of thiazole rings is 1. The number of nitrogens with one attached hydrogen (secondary N) is 2. The number of carbonyl (C=O) groups is 1. The minimum Gasteiger partial charge on any atom is -0.356 e. The van der Waals surface area contributed by atoms with E-state index in [-0.39, 0.29) is 11.4 Å². The van der Waals surface area contributed by atoms with E-state index < -0.39 is 0 Å². The van der Waals surface area contributed by atoms with Crippen LogP contribution in [0.25, 0.3) is 0 Å². The minimum atomic E-state index is 0.0481. The molecule has 1 aliphatic rings. The summed E-state index contributed by atoms with van der Waals surface area (Å²) in [6, 6.07) is 0. The lowest BCUT2D eigenvalue weighted by molar-refractivity contribution is -0.118. The van der Waals surface area contributed by atoms with E-state index in [4.69, 9.17) is 0 Å². The molecule has 0 radical (unpaired) electrons. The maximum Gasteiger partial charge on any atom is 0.216 e. The molecule has 1 aliphatic carbocycles. The first-order valence-electron chi connectivity index (χ1n) is 7.46. The average molecular weight is 295 g/mol. The third-order valence-electron chi connectivity index (χ3n) is 3.55. The summed E-state index contributed by atoms with van der Waals surface area (Å²) in [6.07, 6.45) is 6.51. The Morgan fingerprint density at radius 3 is 2.80 bits per heavy atom. The summed E-state index contributed by atoms with van der Waals surface area (Å²) in [5.41, 5.74) is 0.184. The Hall–Kier alpha value is -0.940. The van der Waals surface area contributed by atoms with Gasteiger partial charge in [-0.2, -0.15) is 0 Å². The van der Waals surface area contributed by atoms with Crippen molar-refractivity contribution in [3.63, 3.8) is 0 Å². The van der Waals surface area contributed by atoms with Crippen molar-refractivity contribution in [2.24, 2.45) is 5.92 Å². The SMILES string of the molecule is CC(=O)NCCCNC1(c2cnc(CC(C)C)s2)CC1. The van der Waals surface area contributed by atoms with Crippen molar-refractivity contribution in [1.82, 2.24) is 15.6 Å². The number of hydrogen-bond donors (Lipinski definition) is 2. The molecule has 20 heavy (non-hydrogen) atoms. The topological polar surface area (TPSA) is 54.0 Å². The molecule has 2 N–H and O–H groups in total. The number of amides is 1. The highest BCUT2D eigenvalue weighted by atomic mass is 32.1. The van der Waals surface area contributed by atoms with E-state index in [0.29, 0.717) is 5.92 Å². The standard InChI is InChI=1S/C15H25N3OS/c1-11(2)9-14-17-10-13(20-14)15(5-6-15)18-8-4-7-16-12(3)19/h10-11,18H,4-9H2,1-3H3,(H,16,19). The molecule has 1 heterocycles. The van der Waals surface area contributed by atoms with Crippen molar-refractivity contribution in [2.75, 3.05) is 13.1 Å². The summed E-state index contributed by atoms with van der Waals surface area (Å²) in [6.45, 7) is 7.71. The van der Waals surface area contributed by atoms with Crippen LogP contribution < -0.4 is 10.6 Å². The van der Waals surface area contributed by atoms with Crippen LogP contribution in [0, 0.1) is 5.92 Å². The molecule has 4 nitrogen and oxygen atoms in total. The van der Waals surface area contributed by atoms with Crippen molar-refractivity contribution < 1.29 is 4.79 Å². The number of nitrogens with zero attached hydrogens (tertiary/aromatic N) is 1. The highest BCUT2D eigenvalue weighted by Gasteiger charge is 2.45. The van der Waals surface area contributed by atoms with Crippen molar-refractivity contribution in [1.29, 1.82) is 0 Å². The maximum absolute atomic E-state index is 10.8. The van der Waals surface area contributed by atoms with Crippen LogP contribution >= 0.6 is 11.3 Å². The largest absolute Gasteiger partial charge is 0.356 e. The molecule has 5 heteroatoms. The molecule has 1 fully saturated rings. The number of carbonyl (C=O) groups excluding carboxylic acids is 1. The average Bonchev–Trinajstić information content (AvgIpc) is 3.00. The van der Waals surface area contributed by atoms with Gasteiger partial charge in [0.05, 0.1) is 10.5 Å². The van der Waals surface area contributed by atoms with Crippen LogP contribution in [-0.2, 0) is 16.8 Å². The zero-order valence-electron chi connectivity index (χ0n) is 12.7. The van der Waals surface area contributed by atoms with Crippen LogP contribution in [-0.4, -0.2) is 24.0 Å². The molecule has 1 amide bonds. The van der Waals surface area contributed by atoms with Gasteiger partial charge in [-0.25, -0.2) is 4.98 Å². The molecule has 0 spiro atoms. The molecule has 1 saturated carbocycles. The third-order valence-corrected chi connectivity index (χ3v) is 4.77. The first-order valence-corrected chi connectivity index (χ1v) is 8.28. The molecule has 0 atom stereocenters. The van der Waals surface area contributed by atoms with E-state index in [9.17, 15) is 4.79 Å². The summed E-state index contributed by atoms with van der Waals surface area (Å²) < 4.78 is 0. The maximum atomic E-state index is 10.8. The number of rotatable bonds is 8. The molecule has 0 unspecified atom stereocenters. The van der Waals surface area contributed by atoms with Crippen molar-refractivity contribution in [3.05, 3.63) is 16.1 Å². The van der Waals surface area contributed by atoms with Gasteiger partial charge in [-0.05, 0) is 31.7 Å². The molecular weight excluding hydrogens is 270 g/mol. The van der Waals surface area contributed by atoms with E-state index in [1.54, 1.807) is 6.92 Å². The number of aromatic nitrogens is 1. The monoisotopic (exact) mass is 295 g/mol. The van der Waals surface area contributed by atoms with E-state index >= 15 is 0 Å². The molecule has 112 valence electrons. The first kappa shape index (κ1) is 15.4. The Labute approximate surface area is 125 Å². The summed E-state index contributed by atoms with van der Waals surface area (Å²) in [5.74, 6) is 0.710. The molecular formula is C15H25N3OS. The fourth-order valence-corrected chi connectivity index (χ4v) is 3.64. The zero-order chi connectivity index (χ0) is 14.6. The quantitative estimate of drug-likeness (QED) is 0.724. The summed E-state index contributed by atoms with van der Waals surface area (Å²) >= 11 is 1.86. The van der Waals surface area contributed by atoms with Gasteiger partial charge in [0.1, 0.15) is 0 Å². The van der Waals surface area contributed by atoms with Gasteiger partial charge in [0.25, 0.3) is 0 Å². The van der Waals surface area contributed by atoms with Gasteiger partial charge in [-0.1, -0.05) is 13.8 Å². The molecule has 0 aliphatic heterocycles. The van der Waals surface area contributed by atoms with Crippen molar-refractivity contribution in [2.45, 2.75) is 52.0 Å².